The minimum atomic E-state index is -0.624. The van der Waals surface area contributed by atoms with Crippen LogP contribution in [-0.2, 0) is 14.4 Å². The van der Waals surface area contributed by atoms with Gasteiger partial charge in [0.2, 0.25) is 0 Å². The van der Waals surface area contributed by atoms with Gasteiger partial charge in [-0.15, -0.1) is 0 Å². The fourth-order valence-electron chi connectivity index (χ4n) is 0.827. The molecule has 6 heteroatoms. The molecule has 0 saturated carbocycles. The third-order valence-corrected chi connectivity index (χ3v) is 1.35. The van der Waals surface area contributed by atoms with Gasteiger partial charge in [-0.25, -0.2) is 4.79 Å². The molecule has 0 spiro atoms. The maximum atomic E-state index is 11.3. The molecule has 15 heavy (non-hydrogen) atoms. The minimum absolute atomic E-state index is 0. The van der Waals surface area contributed by atoms with Crippen molar-refractivity contribution in [3.63, 3.8) is 0 Å². The molecule has 0 saturated heterocycles. The monoisotopic (exact) mass is 242 g/mol. The Morgan fingerprint density at radius 3 is 2.40 bits per heavy atom. The van der Waals surface area contributed by atoms with Crippen LogP contribution in [0.1, 0.15) is 22.2 Å². The van der Waals surface area contributed by atoms with Crippen LogP contribution in [0.3, 0.4) is 0 Å². The summed E-state index contributed by atoms with van der Waals surface area (Å²) >= 11 is 0. The van der Waals surface area contributed by atoms with E-state index in [-0.39, 0.29) is 65.1 Å². The Morgan fingerprint density at radius 2 is 2.07 bits per heavy atom. The van der Waals surface area contributed by atoms with E-state index >= 15 is 0 Å². The molecule has 0 aromatic carbocycles. The normalized spacial score (nSPS) is 11.7. The van der Waals surface area contributed by atoms with Crippen LogP contribution in [0.4, 0.5) is 0 Å². The van der Waals surface area contributed by atoms with Crippen LogP contribution in [0.5, 0.6) is 0 Å². The van der Waals surface area contributed by atoms with Gasteiger partial charge in [0.1, 0.15) is 0 Å². The largest absolute Gasteiger partial charge is 1.00 e. The maximum absolute atomic E-state index is 11.3. The molecule has 0 unspecified atom stereocenters. The van der Waals surface area contributed by atoms with Gasteiger partial charge in [0, 0.05) is 11.7 Å². The number of aliphatic hydroxyl groups is 1. The summed E-state index contributed by atoms with van der Waals surface area (Å²) in [4.78, 5) is 16.3. The van der Waals surface area contributed by atoms with Crippen LogP contribution in [-0.4, -0.2) is 35.2 Å². The zero-order chi connectivity index (χ0) is 11.0. The van der Waals surface area contributed by atoms with Gasteiger partial charge in [0.05, 0.1) is 6.61 Å². The van der Waals surface area contributed by atoms with Crippen LogP contribution in [0.25, 0.3) is 0 Å². The number of nitrogens with zero attached hydrogens (tertiary/aromatic N) is 1. The Morgan fingerprint density at radius 1 is 1.47 bits per heavy atom. The van der Waals surface area contributed by atoms with E-state index in [1.165, 1.54) is 6.21 Å². The molecule has 0 fully saturated rings. The first-order chi connectivity index (χ1) is 6.71. The van der Waals surface area contributed by atoms with Crippen LogP contribution in [0.2, 0.25) is 0 Å². The summed E-state index contributed by atoms with van der Waals surface area (Å²) in [7, 11) is 0. The van der Waals surface area contributed by atoms with Crippen molar-refractivity contribution in [2.45, 2.75) is 20.8 Å². The van der Waals surface area contributed by atoms with Gasteiger partial charge in [-0.05, 0) is 13.8 Å². The van der Waals surface area contributed by atoms with E-state index in [1.807, 2.05) is 0 Å². The van der Waals surface area contributed by atoms with Crippen molar-refractivity contribution in [3.8, 4) is 0 Å². The Bertz CT molecular complexity index is 256. The molecule has 0 radical (unpaired) electrons. The third-order valence-electron chi connectivity index (χ3n) is 1.35. The summed E-state index contributed by atoms with van der Waals surface area (Å²) in [5.41, 5.74) is -0.0452. The summed E-state index contributed by atoms with van der Waals surface area (Å²) in [6.45, 7) is 5.78. The van der Waals surface area contributed by atoms with Gasteiger partial charge >= 0.3 is 63.1 Å². The second-order valence-electron chi connectivity index (χ2n) is 2.24. The first-order valence-corrected chi connectivity index (χ1v) is 4.44. The molecular weight excluding hydrogens is 225 g/mol. The molecule has 0 aliphatic rings. The minimum Gasteiger partial charge on any atom is -1.00 e. The number of carbonyl (C=O) groups is 1. The number of hydrogen-bond donors (Lipinski definition) is 1. The topological polar surface area (TPSA) is 58.8 Å². The molecule has 0 heterocycles. The smallest absolute Gasteiger partial charge is 1.00 e. The molecule has 0 aliphatic heterocycles. The Kier molecular flexibility index (Phi) is 12.4. The predicted octanol–water partition coefficient (Wildman–Crippen LogP) is -1.88. The number of esters is 1. The zero-order valence-electron chi connectivity index (χ0n) is 10.7. The van der Waals surface area contributed by atoms with Crippen molar-refractivity contribution in [1.29, 1.82) is 0 Å². The van der Waals surface area contributed by atoms with Crippen LogP contribution < -0.4 is 51.4 Å². The van der Waals surface area contributed by atoms with E-state index in [2.05, 4.69) is 0 Å². The second kappa shape index (κ2) is 10.6. The summed E-state index contributed by atoms with van der Waals surface area (Å²) in [6.07, 6.45) is 2.18. The molecule has 5 nitrogen and oxygen atoms in total. The number of carbonyl (C=O) groups excluding carboxylic acids is 1. The zero-order valence-corrected chi connectivity index (χ0v) is 12.8. The van der Waals surface area contributed by atoms with E-state index in [0.29, 0.717) is 12.9 Å². The van der Waals surface area contributed by atoms with Crippen molar-refractivity contribution in [3.05, 3.63) is 12.0 Å². The van der Waals surface area contributed by atoms with Crippen molar-refractivity contribution in [1.82, 2.24) is 0 Å². The Balaban J connectivity index is -0.000000845. The van der Waals surface area contributed by atoms with Gasteiger partial charge in [-0.1, -0.05) is 0 Å². The fourth-order valence-corrected chi connectivity index (χ4v) is 0.827. The van der Waals surface area contributed by atoms with Gasteiger partial charge in [-0.2, -0.15) is 0 Å². The molecule has 0 aromatic rings. The van der Waals surface area contributed by atoms with E-state index in [0.717, 1.165) is 4.74 Å². The predicted molar refractivity (Wildman–Crippen MR) is 52.1 cm³/mol. The first-order valence-electron chi connectivity index (χ1n) is 4.44. The molecule has 1 N–H and O–H groups in total. The molecule has 0 rings (SSSR count). The quantitative estimate of drug-likeness (QED) is 0.117. The molecular formula is C9H17KNO4+. The second-order valence-corrected chi connectivity index (χ2v) is 2.24. The summed E-state index contributed by atoms with van der Waals surface area (Å²) in [5, 5.41) is 8.85. The van der Waals surface area contributed by atoms with Crippen molar-refractivity contribution in [2.24, 2.45) is 0 Å². The van der Waals surface area contributed by atoms with E-state index in [4.69, 9.17) is 14.7 Å². The maximum Gasteiger partial charge on any atom is 1.00 e. The van der Waals surface area contributed by atoms with Crippen molar-refractivity contribution < 1.29 is 77.0 Å². The van der Waals surface area contributed by atoms with E-state index in [1.54, 1.807) is 20.8 Å². The fraction of sp³-hybridized carbons (Fsp3) is 0.556. The summed E-state index contributed by atoms with van der Waals surface area (Å²) in [6, 6.07) is 0. The van der Waals surface area contributed by atoms with Crippen LogP contribution >= 0.6 is 0 Å². The van der Waals surface area contributed by atoms with E-state index < -0.39 is 5.97 Å². The van der Waals surface area contributed by atoms with Gasteiger partial charge < -0.3 is 11.3 Å². The first kappa shape index (κ1) is 17.5. The van der Waals surface area contributed by atoms with Crippen LogP contribution in [0.15, 0.2) is 12.0 Å². The Labute approximate surface area is 134 Å². The number of ether oxygens (including phenoxy) is 1. The van der Waals surface area contributed by atoms with E-state index in [9.17, 15) is 4.79 Å². The number of hydrogen-bond acceptors (Lipinski definition) is 4. The summed E-state index contributed by atoms with van der Waals surface area (Å²) in [5.74, 6) is -0.624. The average molecular weight is 242 g/mol. The molecule has 0 atom stereocenters. The molecule has 0 bridgehead atoms. The van der Waals surface area contributed by atoms with Crippen LogP contribution in [0, 0.1) is 0 Å². The van der Waals surface area contributed by atoms with Crippen molar-refractivity contribution >= 4 is 12.2 Å². The number of hydroxylamine groups is 1. The molecule has 82 valence electrons. The van der Waals surface area contributed by atoms with Gasteiger partial charge in [-0.3, -0.25) is 4.84 Å². The van der Waals surface area contributed by atoms with Gasteiger partial charge in [0.25, 0.3) is 0 Å². The standard InChI is InChI=1S/C9H15NO4.K.H/c1-4-10(14-6-3)8(7-11)9(12)13-5-2;;/h4,7H,5-6H2,1-3H3;;/q;+1;-1/p+1. The Hall–Kier alpha value is 0.116. The number of aliphatic hydroxyl groups excluding tert-OH is 1. The number of rotatable bonds is 5. The SMILES string of the molecule is CC=[N+](OCC)C(=CO)C(=O)OCC.[H-].[K+]. The third kappa shape index (κ3) is 6.31. The molecule has 0 amide bonds. The molecule has 0 aliphatic carbocycles. The van der Waals surface area contributed by atoms with Crippen molar-refractivity contribution in [2.75, 3.05) is 13.2 Å². The average Bonchev–Trinajstić information content (AvgIpc) is 2.18. The van der Waals surface area contributed by atoms with Gasteiger partial charge in [0.15, 0.2) is 19.1 Å². The molecule has 0 aromatic heterocycles. The summed E-state index contributed by atoms with van der Waals surface area (Å²) < 4.78 is 5.88.